The molecule has 0 aliphatic heterocycles. The lowest BCUT2D eigenvalue weighted by molar-refractivity contribution is 1.17. The molecular weight excluding hydrogens is 244 g/mol. The molecule has 0 fully saturated rings. The van der Waals surface area contributed by atoms with Crippen LogP contribution >= 0.6 is 11.6 Å². The van der Waals surface area contributed by atoms with Gasteiger partial charge in [0.2, 0.25) is 0 Å². The number of nitriles is 1. The van der Waals surface area contributed by atoms with Gasteiger partial charge >= 0.3 is 0 Å². The van der Waals surface area contributed by atoms with E-state index in [0.29, 0.717) is 11.4 Å². The first kappa shape index (κ1) is 12.5. The number of alkyl halides is 1. The van der Waals surface area contributed by atoms with Gasteiger partial charge < -0.3 is 4.90 Å². The minimum Gasteiger partial charge on any atom is -0.344 e. The van der Waals surface area contributed by atoms with Crippen molar-refractivity contribution in [3.8, 4) is 6.07 Å². The Hall–Kier alpha value is -1.98. The van der Waals surface area contributed by atoms with E-state index in [2.05, 4.69) is 6.07 Å². The highest BCUT2D eigenvalue weighted by Crippen LogP contribution is 2.28. The summed E-state index contributed by atoms with van der Waals surface area (Å²) in [6, 6.07) is 17.7. The van der Waals surface area contributed by atoms with Crippen LogP contribution in [0.4, 0.5) is 11.4 Å². The Labute approximate surface area is 112 Å². The number of nitrogens with zero attached hydrogens (tertiary/aromatic N) is 2. The highest BCUT2D eigenvalue weighted by atomic mass is 35.5. The summed E-state index contributed by atoms with van der Waals surface area (Å²) in [6.07, 6.45) is 0. The van der Waals surface area contributed by atoms with Gasteiger partial charge in [-0.3, -0.25) is 0 Å². The van der Waals surface area contributed by atoms with E-state index < -0.39 is 0 Å². The van der Waals surface area contributed by atoms with Crippen molar-refractivity contribution in [1.29, 1.82) is 5.26 Å². The zero-order chi connectivity index (χ0) is 13.0. The van der Waals surface area contributed by atoms with Crippen molar-refractivity contribution < 1.29 is 0 Å². The number of rotatable bonds is 3. The molecule has 0 aliphatic rings. The molecule has 2 aromatic carbocycles. The molecule has 0 aromatic heterocycles. The summed E-state index contributed by atoms with van der Waals surface area (Å²) in [6.45, 7) is 0. The van der Waals surface area contributed by atoms with Crippen LogP contribution in [-0.4, -0.2) is 7.05 Å². The lowest BCUT2D eigenvalue weighted by Gasteiger charge is -2.22. The Kier molecular flexibility index (Phi) is 3.86. The molecule has 2 rings (SSSR count). The maximum Gasteiger partial charge on any atom is 0.0992 e. The van der Waals surface area contributed by atoms with Gasteiger partial charge in [0.25, 0.3) is 0 Å². The van der Waals surface area contributed by atoms with E-state index in [1.165, 1.54) is 0 Å². The fourth-order valence-electron chi connectivity index (χ4n) is 1.87. The highest BCUT2D eigenvalue weighted by molar-refractivity contribution is 6.17. The summed E-state index contributed by atoms with van der Waals surface area (Å²) in [5.41, 5.74) is 3.76. The Morgan fingerprint density at radius 2 is 1.94 bits per heavy atom. The summed E-state index contributed by atoms with van der Waals surface area (Å²) >= 11 is 5.94. The average Bonchev–Trinajstić information content (AvgIpc) is 2.46. The predicted octanol–water partition coefficient (Wildman–Crippen LogP) is 4.06. The Morgan fingerprint density at radius 1 is 1.17 bits per heavy atom. The monoisotopic (exact) mass is 256 g/mol. The quantitative estimate of drug-likeness (QED) is 0.774. The molecule has 18 heavy (non-hydrogen) atoms. The third-order valence-corrected chi connectivity index (χ3v) is 3.15. The van der Waals surface area contributed by atoms with Crippen LogP contribution in [0.5, 0.6) is 0 Å². The normalized spacial score (nSPS) is 9.83. The lowest BCUT2D eigenvalue weighted by Crippen LogP contribution is -2.11. The molecule has 0 N–H and O–H groups in total. The van der Waals surface area contributed by atoms with Gasteiger partial charge in [0.15, 0.2) is 0 Å². The van der Waals surface area contributed by atoms with Crippen molar-refractivity contribution in [3.05, 3.63) is 59.7 Å². The Morgan fingerprint density at radius 3 is 2.67 bits per heavy atom. The van der Waals surface area contributed by atoms with Gasteiger partial charge in [0, 0.05) is 24.3 Å². The fourth-order valence-corrected chi connectivity index (χ4v) is 2.10. The van der Waals surface area contributed by atoms with Crippen LogP contribution in [-0.2, 0) is 5.88 Å². The van der Waals surface area contributed by atoms with Gasteiger partial charge in [-0.1, -0.05) is 24.3 Å². The SMILES string of the molecule is CN(c1cccc(C#N)c1)c1ccccc1CCl. The van der Waals surface area contributed by atoms with Crippen LogP contribution in [0.25, 0.3) is 0 Å². The van der Waals surface area contributed by atoms with E-state index in [1.54, 1.807) is 6.07 Å². The minimum atomic E-state index is 0.471. The van der Waals surface area contributed by atoms with E-state index in [1.807, 2.05) is 54.4 Å². The molecule has 3 heteroatoms. The van der Waals surface area contributed by atoms with Crippen LogP contribution in [0.3, 0.4) is 0 Å². The molecule has 2 aromatic rings. The Balaban J connectivity index is 2.41. The second-order valence-electron chi connectivity index (χ2n) is 3.98. The molecule has 0 spiro atoms. The van der Waals surface area contributed by atoms with Crippen LogP contribution in [0.1, 0.15) is 11.1 Å². The van der Waals surface area contributed by atoms with Gasteiger partial charge in [-0.2, -0.15) is 5.26 Å². The van der Waals surface area contributed by atoms with E-state index in [9.17, 15) is 0 Å². The van der Waals surface area contributed by atoms with E-state index in [4.69, 9.17) is 16.9 Å². The summed E-state index contributed by atoms with van der Waals surface area (Å²) in [5.74, 6) is 0.471. The van der Waals surface area contributed by atoms with Crippen LogP contribution in [0.2, 0.25) is 0 Å². The zero-order valence-corrected chi connectivity index (χ0v) is 10.9. The van der Waals surface area contributed by atoms with Gasteiger partial charge in [-0.15, -0.1) is 11.6 Å². The number of halogens is 1. The van der Waals surface area contributed by atoms with Crippen LogP contribution < -0.4 is 4.90 Å². The van der Waals surface area contributed by atoms with Crippen molar-refractivity contribution in [2.24, 2.45) is 0 Å². The van der Waals surface area contributed by atoms with E-state index >= 15 is 0 Å². The first-order valence-electron chi connectivity index (χ1n) is 5.64. The second-order valence-corrected chi connectivity index (χ2v) is 4.25. The molecule has 0 heterocycles. The summed E-state index contributed by atoms with van der Waals surface area (Å²) in [5, 5.41) is 8.93. The predicted molar refractivity (Wildman–Crippen MR) is 75.2 cm³/mol. The maximum absolute atomic E-state index is 8.93. The van der Waals surface area contributed by atoms with Crippen LogP contribution in [0, 0.1) is 11.3 Å². The van der Waals surface area contributed by atoms with Gasteiger partial charge in [-0.25, -0.2) is 0 Å². The van der Waals surface area contributed by atoms with Crippen molar-refractivity contribution in [2.45, 2.75) is 5.88 Å². The number of hydrogen-bond donors (Lipinski definition) is 0. The molecule has 0 aliphatic carbocycles. The topological polar surface area (TPSA) is 27.0 Å². The van der Waals surface area contributed by atoms with Gasteiger partial charge in [0.1, 0.15) is 0 Å². The number of para-hydroxylation sites is 1. The first-order chi connectivity index (χ1) is 8.76. The summed E-state index contributed by atoms with van der Waals surface area (Å²) in [4.78, 5) is 2.04. The standard InChI is InChI=1S/C15H13ClN2/c1-18(14-7-4-5-12(9-14)11-17)15-8-3-2-6-13(15)10-16/h2-9H,10H2,1H3. The van der Waals surface area contributed by atoms with Gasteiger partial charge in [0.05, 0.1) is 11.6 Å². The number of benzene rings is 2. The molecule has 0 unspecified atom stereocenters. The summed E-state index contributed by atoms with van der Waals surface area (Å²) in [7, 11) is 1.97. The fraction of sp³-hybridized carbons (Fsp3) is 0.133. The maximum atomic E-state index is 8.93. The number of anilines is 2. The smallest absolute Gasteiger partial charge is 0.0992 e. The van der Waals surface area contributed by atoms with Crippen molar-refractivity contribution >= 4 is 23.0 Å². The molecular formula is C15H13ClN2. The largest absolute Gasteiger partial charge is 0.344 e. The lowest BCUT2D eigenvalue weighted by atomic mass is 10.1. The molecule has 0 bridgehead atoms. The summed E-state index contributed by atoms with van der Waals surface area (Å²) < 4.78 is 0. The van der Waals surface area contributed by atoms with Crippen LogP contribution in [0.15, 0.2) is 48.5 Å². The van der Waals surface area contributed by atoms with Gasteiger partial charge in [-0.05, 0) is 29.8 Å². The third kappa shape index (κ3) is 2.47. The van der Waals surface area contributed by atoms with Crippen molar-refractivity contribution in [3.63, 3.8) is 0 Å². The van der Waals surface area contributed by atoms with E-state index in [-0.39, 0.29) is 0 Å². The Bertz CT molecular complexity index is 587. The first-order valence-corrected chi connectivity index (χ1v) is 6.17. The average molecular weight is 257 g/mol. The second kappa shape index (κ2) is 5.57. The molecule has 0 saturated heterocycles. The molecule has 90 valence electrons. The van der Waals surface area contributed by atoms with Crippen molar-refractivity contribution in [1.82, 2.24) is 0 Å². The molecule has 0 radical (unpaired) electrons. The minimum absolute atomic E-state index is 0.471. The molecule has 0 saturated carbocycles. The third-order valence-electron chi connectivity index (χ3n) is 2.86. The molecule has 2 nitrogen and oxygen atoms in total. The van der Waals surface area contributed by atoms with E-state index in [0.717, 1.165) is 16.9 Å². The number of hydrogen-bond acceptors (Lipinski definition) is 2. The van der Waals surface area contributed by atoms with Crippen molar-refractivity contribution in [2.75, 3.05) is 11.9 Å². The molecule has 0 atom stereocenters. The highest BCUT2D eigenvalue weighted by Gasteiger charge is 2.08. The molecule has 0 amide bonds. The zero-order valence-electron chi connectivity index (χ0n) is 10.1.